The first-order valence-corrected chi connectivity index (χ1v) is 12.9. The lowest BCUT2D eigenvalue weighted by atomic mass is 9.96. The minimum Gasteiger partial charge on any atom is -0.282 e. The molecule has 4 heterocycles. The maximum Gasteiger partial charge on any atom is 0.146 e. The summed E-state index contributed by atoms with van der Waals surface area (Å²) in [4.78, 5) is 14.7. The van der Waals surface area contributed by atoms with Gasteiger partial charge in [0.15, 0.2) is 0 Å². The Morgan fingerprint density at radius 3 is 1.97 bits per heavy atom. The largest absolute Gasteiger partial charge is 0.282 e. The molecule has 0 N–H and O–H groups in total. The summed E-state index contributed by atoms with van der Waals surface area (Å²) >= 11 is 0. The SMILES string of the molecule is c1ccc(-c2cc(-c3ccc(-n4c5c(c6cccnc64)CCCC5)nc3)cc(-c3ccccc3)n2)cc1. The maximum absolute atomic E-state index is 5.01. The first kappa shape index (κ1) is 21.7. The fourth-order valence-electron chi connectivity index (χ4n) is 5.51. The fraction of sp³-hybridized carbons (Fsp3) is 0.121. The monoisotopic (exact) mass is 478 g/mol. The molecule has 4 heteroatoms. The topological polar surface area (TPSA) is 43.6 Å². The smallest absolute Gasteiger partial charge is 0.146 e. The highest BCUT2D eigenvalue weighted by Gasteiger charge is 2.22. The van der Waals surface area contributed by atoms with Crippen LogP contribution in [0.4, 0.5) is 0 Å². The van der Waals surface area contributed by atoms with Crippen LogP contribution >= 0.6 is 0 Å². The van der Waals surface area contributed by atoms with Crippen LogP contribution in [0.15, 0.2) is 109 Å². The predicted molar refractivity (Wildman–Crippen MR) is 150 cm³/mol. The van der Waals surface area contributed by atoms with E-state index in [2.05, 4.69) is 83.4 Å². The minimum atomic E-state index is 0.927. The lowest BCUT2D eigenvalue weighted by molar-refractivity contribution is 0.664. The van der Waals surface area contributed by atoms with Gasteiger partial charge < -0.3 is 0 Å². The average molecular weight is 479 g/mol. The van der Waals surface area contributed by atoms with Gasteiger partial charge in [-0.05, 0) is 73.2 Å². The number of nitrogens with zero attached hydrogens (tertiary/aromatic N) is 4. The summed E-state index contributed by atoms with van der Waals surface area (Å²) in [6.45, 7) is 0. The van der Waals surface area contributed by atoms with E-state index in [1.165, 1.54) is 29.5 Å². The van der Waals surface area contributed by atoms with Crippen LogP contribution in [-0.4, -0.2) is 19.5 Å². The van der Waals surface area contributed by atoms with Crippen molar-refractivity contribution in [3.63, 3.8) is 0 Å². The van der Waals surface area contributed by atoms with Gasteiger partial charge in [0.25, 0.3) is 0 Å². The third-order valence-corrected chi connectivity index (χ3v) is 7.31. The summed E-state index contributed by atoms with van der Waals surface area (Å²) in [5.74, 6) is 0.927. The van der Waals surface area contributed by atoms with Gasteiger partial charge in [-0.25, -0.2) is 15.0 Å². The molecule has 4 nitrogen and oxygen atoms in total. The van der Waals surface area contributed by atoms with E-state index in [9.17, 15) is 0 Å². The molecule has 7 rings (SSSR count). The van der Waals surface area contributed by atoms with Crippen LogP contribution in [-0.2, 0) is 12.8 Å². The number of benzene rings is 2. The molecule has 2 aromatic carbocycles. The summed E-state index contributed by atoms with van der Waals surface area (Å²) < 4.78 is 2.27. The highest BCUT2D eigenvalue weighted by atomic mass is 15.1. The molecular weight excluding hydrogens is 452 g/mol. The third kappa shape index (κ3) is 3.91. The molecule has 0 amide bonds. The number of fused-ring (bicyclic) bond motifs is 3. The second kappa shape index (κ2) is 9.14. The van der Waals surface area contributed by atoms with Gasteiger partial charge in [-0.2, -0.15) is 0 Å². The van der Waals surface area contributed by atoms with Gasteiger partial charge in [0.05, 0.1) is 11.4 Å². The Hall–Kier alpha value is -4.57. The van der Waals surface area contributed by atoms with Crippen LogP contribution in [0.25, 0.3) is 50.5 Å². The van der Waals surface area contributed by atoms with Crippen molar-refractivity contribution >= 4 is 11.0 Å². The normalized spacial score (nSPS) is 13.0. The molecule has 0 saturated heterocycles. The Morgan fingerprint density at radius 2 is 1.30 bits per heavy atom. The third-order valence-electron chi connectivity index (χ3n) is 7.31. The van der Waals surface area contributed by atoms with E-state index in [0.717, 1.165) is 57.9 Å². The molecule has 1 aliphatic carbocycles. The van der Waals surface area contributed by atoms with E-state index in [-0.39, 0.29) is 0 Å². The van der Waals surface area contributed by atoms with Crippen LogP contribution in [0.1, 0.15) is 24.1 Å². The number of rotatable bonds is 4. The Bertz CT molecular complexity index is 1640. The molecule has 4 aromatic heterocycles. The molecule has 0 aliphatic heterocycles. The lowest BCUT2D eigenvalue weighted by Gasteiger charge is -2.15. The number of aryl methyl sites for hydroxylation is 1. The van der Waals surface area contributed by atoms with Gasteiger partial charge in [0, 0.05) is 40.2 Å². The number of pyridine rings is 3. The van der Waals surface area contributed by atoms with Crippen molar-refractivity contribution in [3.05, 3.63) is 121 Å². The molecular formula is C33H26N4. The van der Waals surface area contributed by atoms with Crippen molar-refractivity contribution in [2.24, 2.45) is 0 Å². The molecule has 0 bridgehead atoms. The standard InChI is InChI=1S/C33H26N4/c1-3-10-23(11-4-1)29-20-26(21-30(36-29)24-12-5-2-6-13-24)25-17-18-32(35-22-25)37-31-16-8-7-14-27(31)28-15-9-19-34-33(28)37/h1-6,9-13,15,17-22H,7-8,14,16H2. The first-order valence-electron chi connectivity index (χ1n) is 12.9. The predicted octanol–water partition coefficient (Wildman–Crippen LogP) is 7.70. The first-order chi connectivity index (χ1) is 18.3. The summed E-state index contributed by atoms with van der Waals surface area (Å²) in [6.07, 6.45) is 8.50. The molecule has 0 atom stereocenters. The second-order valence-electron chi connectivity index (χ2n) is 9.61. The Morgan fingerprint density at radius 1 is 0.595 bits per heavy atom. The quantitative estimate of drug-likeness (QED) is 0.261. The molecule has 0 unspecified atom stereocenters. The van der Waals surface area contributed by atoms with E-state index in [1.54, 1.807) is 0 Å². The van der Waals surface area contributed by atoms with Crippen LogP contribution in [0.3, 0.4) is 0 Å². The van der Waals surface area contributed by atoms with Gasteiger partial charge in [-0.3, -0.25) is 4.57 Å². The highest BCUT2D eigenvalue weighted by Crippen LogP contribution is 2.34. The zero-order valence-corrected chi connectivity index (χ0v) is 20.5. The summed E-state index contributed by atoms with van der Waals surface area (Å²) in [6, 6.07) is 33.6. The summed E-state index contributed by atoms with van der Waals surface area (Å²) in [5.41, 5.74) is 10.1. The molecule has 0 saturated carbocycles. The molecule has 37 heavy (non-hydrogen) atoms. The van der Waals surface area contributed by atoms with Gasteiger partial charge in [0.2, 0.25) is 0 Å². The van der Waals surface area contributed by atoms with E-state index in [0.29, 0.717) is 0 Å². The van der Waals surface area contributed by atoms with E-state index in [4.69, 9.17) is 15.0 Å². The maximum atomic E-state index is 5.01. The summed E-state index contributed by atoms with van der Waals surface area (Å²) in [5, 5.41) is 1.26. The lowest BCUT2D eigenvalue weighted by Crippen LogP contribution is -2.08. The Balaban J connectivity index is 1.34. The van der Waals surface area contributed by atoms with E-state index < -0.39 is 0 Å². The summed E-state index contributed by atoms with van der Waals surface area (Å²) in [7, 11) is 0. The van der Waals surface area contributed by atoms with E-state index >= 15 is 0 Å². The van der Waals surface area contributed by atoms with Crippen molar-refractivity contribution < 1.29 is 0 Å². The van der Waals surface area contributed by atoms with Gasteiger partial charge in [-0.1, -0.05) is 60.7 Å². The van der Waals surface area contributed by atoms with Crippen molar-refractivity contribution in [3.8, 4) is 39.5 Å². The van der Waals surface area contributed by atoms with Crippen molar-refractivity contribution in [2.45, 2.75) is 25.7 Å². The number of hydrogen-bond acceptors (Lipinski definition) is 3. The van der Waals surface area contributed by atoms with Gasteiger partial charge in [-0.15, -0.1) is 0 Å². The average Bonchev–Trinajstić information content (AvgIpc) is 3.32. The van der Waals surface area contributed by atoms with Crippen LogP contribution in [0.2, 0.25) is 0 Å². The highest BCUT2D eigenvalue weighted by molar-refractivity contribution is 5.84. The zero-order valence-electron chi connectivity index (χ0n) is 20.5. The molecule has 178 valence electrons. The van der Waals surface area contributed by atoms with Crippen LogP contribution in [0.5, 0.6) is 0 Å². The Labute approximate surface area is 216 Å². The minimum absolute atomic E-state index is 0.927. The number of hydrogen-bond donors (Lipinski definition) is 0. The Kier molecular flexibility index (Phi) is 5.36. The fourth-order valence-corrected chi connectivity index (χ4v) is 5.51. The molecule has 6 aromatic rings. The molecule has 1 aliphatic rings. The van der Waals surface area contributed by atoms with Crippen LogP contribution in [0, 0.1) is 0 Å². The van der Waals surface area contributed by atoms with Gasteiger partial charge >= 0.3 is 0 Å². The molecule has 0 spiro atoms. The van der Waals surface area contributed by atoms with Crippen molar-refractivity contribution in [2.75, 3.05) is 0 Å². The number of aromatic nitrogens is 4. The molecule has 0 radical (unpaired) electrons. The van der Waals surface area contributed by atoms with E-state index in [1.807, 2.05) is 30.6 Å². The second-order valence-corrected chi connectivity index (χ2v) is 9.61. The van der Waals surface area contributed by atoms with Crippen molar-refractivity contribution in [1.82, 2.24) is 19.5 Å². The van der Waals surface area contributed by atoms with Gasteiger partial charge in [0.1, 0.15) is 11.5 Å². The zero-order chi connectivity index (χ0) is 24.6. The van der Waals surface area contributed by atoms with Crippen LogP contribution < -0.4 is 0 Å². The molecule has 0 fully saturated rings. The van der Waals surface area contributed by atoms with Crippen molar-refractivity contribution in [1.29, 1.82) is 0 Å².